The van der Waals surface area contributed by atoms with Crippen LogP contribution in [0.1, 0.15) is 31.5 Å². The molecule has 52 heavy (non-hydrogen) atoms. The maximum absolute atomic E-state index is 13.7. The van der Waals surface area contributed by atoms with E-state index in [1.54, 1.807) is 25.7 Å². The van der Waals surface area contributed by atoms with Gasteiger partial charge in [0.1, 0.15) is 24.5 Å². The van der Waals surface area contributed by atoms with Crippen LogP contribution in [0.3, 0.4) is 0 Å². The Morgan fingerprint density at radius 3 is 2.44 bits per heavy atom. The summed E-state index contributed by atoms with van der Waals surface area (Å²) in [6, 6.07) is 8.77. The van der Waals surface area contributed by atoms with Gasteiger partial charge in [-0.05, 0) is 80.1 Å². The van der Waals surface area contributed by atoms with Gasteiger partial charge >= 0.3 is 0 Å². The number of piperazine rings is 1. The lowest BCUT2D eigenvalue weighted by Crippen LogP contribution is -2.52. The average Bonchev–Trinajstić information content (AvgIpc) is 3.85. The summed E-state index contributed by atoms with van der Waals surface area (Å²) >= 11 is 3.64. The van der Waals surface area contributed by atoms with Gasteiger partial charge in [-0.3, -0.25) is 9.58 Å². The number of ether oxygens (including phenoxy) is 1. The summed E-state index contributed by atoms with van der Waals surface area (Å²) in [7, 11) is -0.814. The van der Waals surface area contributed by atoms with Gasteiger partial charge in [0.25, 0.3) is 0 Å². The summed E-state index contributed by atoms with van der Waals surface area (Å²) in [5.41, 5.74) is 5.48. The molecule has 0 spiro atoms. The second-order valence-corrected chi connectivity index (χ2v) is 18.4. The number of nitrogens with zero attached hydrogens (tertiary/aromatic N) is 8. The molecule has 5 heterocycles. The monoisotopic (exact) mass is 785 g/mol. The summed E-state index contributed by atoms with van der Waals surface area (Å²) in [6.45, 7) is 11.7. The Kier molecular flexibility index (Phi) is 9.67. The first kappa shape index (κ1) is 35.0. The Morgan fingerprint density at radius 2 is 1.73 bits per heavy atom. The molecule has 0 bridgehead atoms. The number of rotatable bonds is 10. The van der Waals surface area contributed by atoms with Crippen LogP contribution >= 0.6 is 23.1 Å². The quantitative estimate of drug-likeness (QED) is 0.142. The Morgan fingerprint density at radius 1 is 0.942 bits per heavy atom. The lowest BCUT2D eigenvalue weighted by atomic mass is 9.98. The summed E-state index contributed by atoms with van der Waals surface area (Å²) in [5.74, 6) is 2.36. The van der Waals surface area contributed by atoms with Gasteiger partial charge in [0.2, 0.25) is 5.95 Å². The molecule has 3 aromatic heterocycles. The van der Waals surface area contributed by atoms with E-state index in [0.29, 0.717) is 39.1 Å². The van der Waals surface area contributed by atoms with E-state index in [0.717, 1.165) is 104 Å². The van der Waals surface area contributed by atoms with Crippen molar-refractivity contribution >= 4 is 68.1 Å². The van der Waals surface area contributed by atoms with Crippen molar-refractivity contribution in [2.24, 2.45) is 7.05 Å². The Hall–Kier alpha value is -4.10. The number of aryl methyl sites for hydroxylation is 2. The Bertz CT molecular complexity index is 2150. The van der Waals surface area contributed by atoms with Crippen molar-refractivity contribution in [3.63, 3.8) is 0 Å². The van der Waals surface area contributed by atoms with E-state index in [-0.39, 0.29) is 6.10 Å². The van der Waals surface area contributed by atoms with Gasteiger partial charge in [-0.2, -0.15) is 10.1 Å². The summed E-state index contributed by atoms with van der Waals surface area (Å²) < 4.78 is 22.7. The fourth-order valence-corrected chi connectivity index (χ4v) is 9.08. The highest BCUT2D eigenvalue weighted by atomic mass is 79.9. The normalized spacial score (nSPS) is 17.4. The van der Waals surface area contributed by atoms with Crippen molar-refractivity contribution in [1.29, 1.82) is 0 Å². The number of anilines is 5. The molecule has 272 valence electrons. The van der Waals surface area contributed by atoms with Crippen LogP contribution in [-0.4, -0.2) is 99.4 Å². The van der Waals surface area contributed by atoms with Crippen LogP contribution in [0.5, 0.6) is 5.75 Å². The largest absolute Gasteiger partial charge is 0.488 e. The molecule has 0 amide bonds. The number of aromatic nitrogens is 6. The molecule has 3 fully saturated rings. The van der Waals surface area contributed by atoms with Gasteiger partial charge in [-0.1, -0.05) is 0 Å². The predicted octanol–water partition coefficient (Wildman–Crippen LogP) is 6.04. The maximum Gasteiger partial charge on any atom is 0.229 e. The zero-order valence-electron chi connectivity index (χ0n) is 30.1. The summed E-state index contributed by atoms with van der Waals surface area (Å²) in [5, 5.41) is 16.4. The van der Waals surface area contributed by atoms with E-state index in [2.05, 4.69) is 80.1 Å². The zero-order chi connectivity index (χ0) is 36.0. The number of hydrogen-bond donors (Lipinski definition) is 3. The van der Waals surface area contributed by atoms with E-state index in [4.69, 9.17) is 9.72 Å². The van der Waals surface area contributed by atoms with Crippen molar-refractivity contribution in [2.45, 2.75) is 44.8 Å². The molecule has 1 aliphatic carbocycles. The van der Waals surface area contributed by atoms with Crippen LogP contribution in [-0.2, 0) is 11.6 Å². The van der Waals surface area contributed by atoms with Crippen molar-refractivity contribution in [3.8, 4) is 16.9 Å². The molecule has 5 aromatic rings. The SMILES string of the molecule is Cc1ncc2c(P(C)(C)=O)c(Nc3nc(Nc4cc(-c5cnn(C)c5)c(N5CCC(N6CCNCC6)CC5)cc4OC4CC4)ncc3Br)ccc2n1. The van der Waals surface area contributed by atoms with Crippen molar-refractivity contribution < 1.29 is 9.30 Å². The minimum absolute atomic E-state index is 0.192. The fraction of sp³-hybridized carbons (Fsp3) is 0.432. The second-order valence-electron chi connectivity index (χ2n) is 14.4. The molecule has 1 saturated carbocycles. The Balaban J connectivity index is 1.12. The molecule has 3 aliphatic rings. The standard InChI is InChI=1S/C37H45BrN11O2P/c1-23-40-20-28-30(43-23)7-8-31(35(28)52(3,4)50)44-36-29(38)21-41-37(46-36)45-32-17-27(24-19-42-47(2)22-24)33(18-34(32)51-26-5-6-26)49-13-9-25(10-14-49)48-15-11-39-12-16-48/h7-8,17-22,25-26,39H,5-6,9-16H2,1-4H3,(H2,41,44,45,46). The molecule has 2 aromatic carbocycles. The van der Waals surface area contributed by atoms with Crippen molar-refractivity contribution in [2.75, 3.05) is 68.1 Å². The first-order chi connectivity index (χ1) is 25.1. The number of nitrogens with one attached hydrogen (secondary N) is 3. The highest BCUT2D eigenvalue weighted by Gasteiger charge is 2.30. The molecule has 0 atom stereocenters. The number of halogens is 1. The third kappa shape index (κ3) is 7.52. The highest BCUT2D eigenvalue weighted by Crippen LogP contribution is 2.44. The lowest BCUT2D eigenvalue weighted by Gasteiger charge is -2.41. The number of benzene rings is 2. The highest BCUT2D eigenvalue weighted by molar-refractivity contribution is 9.10. The van der Waals surface area contributed by atoms with Gasteiger partial charge < -0.3 is 30.2 Å². The van der Waals surface area contributed by atoms with Gasteiger partial charge in [0, 0.05) is 105 Å². The molecule has 0 unspecified atom stereocenters. The van der Waals surface area contributed by atoms with Gasteiger partial charge in [0.15, 0.2) is 0 Å². The molecular formula is C37H45BrN11O2P. The van der Waals surface area contributed by atoms with Crippen molar-refractivity contribution in [1.82, 2.24) is 39.9 Å². The van der Waals surface area contributed by atoms with Crippen LogP contribution in [0, 0.1) is 6.92 Å². The van der Waals surface area contributed by atoms with Crippen LogP contribution in [0.15, 0.2) is 53.5 Å². The van der Waals surface area contributed by atoms with Gasteiger partial charge in [0.05, 0.1) is 33.7 Å². The van der Waals surface area contributed by atoms with Gasteiger partial charge in [-0.25, -0.2) is 15.0 Å². The van der Waals surface area contributed by atoms with E-state index in [1.807, 2.05) is 37.0 Å². The molecule has 15 heteroatoms. The minimum Gasteiger partial charge on any atom is -0.488 e. The third-order valence-electron chi connectivity index (χ3n) is 10.0. The molecule has 3 N–H and O–H groups in total. The molecule has 0 radical (unpaired) electrons. The number of piperidine rings is 1. The summed E-state index contributed by atoms with van der Waals surface area (Å²) in [4.78, 5) is 23.7. The lowest BCUT2D eigenvalue weighted by molar-refractivity contribution is 0.150. The van der Waals surface area contributed by atoms with E-state index in [1.165, 1.54) is 0 Å². The van der Waals surface area contributed by atoms with Crippen LogP contribution < -0.4 is 30.9 Å². The topological polar surface area (TPSA) is 138 Å². The van der Waals surface area contributed by atoms with E-state index < -0.39 is 7.14 Å². The molecule has 8 rings (SSSR count). The first-order valence-electron chi connectivity index (χ1n) is 18.0. The molecule has 2 aliphatic heterocycles. The minimum atomic E-state index is -2.76. The van der Waals surface area contributed by atoms with Crippen LogP contribution in [0.4, 0.5) is 28.8 Å². The third-order valence-corrected chi connectivity index (χ3v) is 12.2. The van der Waals surface area contributed by atoms with Crippen LogP contribution in [0.2, 0.25) is 0 Å². The first-order valence-corrected chi connectivity index (χ1v) is 21.4. The van der Waals surface area contributed by atoms with Crippen molar-refractivity contribution in [3.05, 3.63) is 59.3 Å². The smallest absolute Gasteiger partial charge is 0.229 e. The summed E-state index contributed by atoms with van der Waals surface area (Å²) in [6.07, 6.45) is 12.0. The van der Waals surface area contributed by atoms with Gasteiger partial charge in [-0.15, -0.1) is 0 Å². The number of hydrogen-bond acceptors (Lipinski definition) is 12. The maximum atomic E-state index is 13.7. The van der Waals surface area contributed by atoms with E-state index in [9.17, 15) is 4.57 Å². The molecular weight excluding hydrogens is 741 g/mol. The zero-order valence-corrected chi connectivity index (χ0v) is 32.5. The second kappa shape index (κ2) is 14.4. The Labute approximate surface area is 312 Å². The predicted molar refractivity (Wildman–Crippen MR) is 212 cm³/mol. The fourth-order valence-electron chi connectivity index (χ4n) is 7.33. The molecule has 13 nitrogen and oxygen atoms in total. The van der Waals surface area contributed by atoms with Crippen LogP contribution in [0.25, 0.3) is 22.0 Å². The van der Waals surface area contributed by atoms with E-state index >= 15 is 0 Å². The average molecular weight is 787 g/mol. The number of fused-ring (bicyclic) bond motifs is 1. The molecule has 2 saturated heterocycles.